The van der Waals surface area contributed by atoms with Crippen LogP contribution in [-0.2, 0) is 4.79 Å². The summed E-state index contributed by atoms with van der Waals surface area (Å²) in [5.41, 5.74) is 2.79. The lowest BCUT2D eigenvalue weighted by molar-refractivity contribution is -0.386. The summed E-state index contributed by atoms with van der Waals surface area (Å²) in [6, 6.07) is 17.1. The molecule has 10 nitrogen and oxygen atoms in total. The molecule has 3 aromatic rings. The van der Waals surface area contributed by atoms with Gasteiger partial charge in [-0.3, -0.25) is 14.9 Å². The quantitative estimate of drug-likeness (QED) is 0.139. The topological polar surface area (TPSA) is 129 Å². The lowest BCUT2D eigenvalue weighted by atomic mass is 10.2. The van der Waals surface area contributed by atoms with E-state index in [9.17, 15) is 19.7 Å². The average molecular weight is 542 g/mol. The molecule has 0 saturated carbocycles. The number of hydrogen-bond acceptors (Lipinski definition) is 8. The third-order valence-corrected chi connectivity index (χ3v) is 5.11. The van der Waals surface area contributed by atoms with Crippen molar-refractivity contribution in [2.75, 3.05) is 7.11 Å². The van der Waals surface area contributed by atoms with Crippen molar-refractivity contribution in [2.24, 2.45) is 5.10 Å². The van der Waals surface area contributed by atoms with Gasteiger partial charge in [-0.05, 0) is 55.5 Å². The summed E-state index contributed by atoms with van der Waals surface area (Å²) < 4.78 is 16.7. The van der Waals surface area contributed by atoms with Gasteiger partial charge in [0.25, 0.3) is 5.91 Å². The number of carbonyl (C=O) groups excluding carboxylic acids is 2. The third kappa shape index (κ3) is 6.87. The van der Waals surface area contributed by atoms with Gasteiger partial charge in [-0.2, -0.15) is 5.10 Å². The summed E-state index contributed by atoms with van der Waals surface area (Å²) in [5, 5.41) is 15.0. The Morgan fingerprint density at radius 2 is 1.80 bits per heavy atom. The molecule has 0 saturated heterocycles. The van der Waals surface area contributed by atoms with Crippen LogP contribution in [-0.4, -0.2) is 36.2 Å². The third-order valence-electron chi connectivity index (χ3n) is 4.61. The van der Waals surface area contributed by atoms with Gasteiger partial charge in [-0.25, -0.2) is 10.2 Å². The summed E-state index contributed by atoms with van der Waals surface area (Å²) in [4.78, 5) is 35.4. The van der Waals surface area contributed by atoms with Crippen molar-refractivity contribution in [3.05, 3.63) is 92.4 Å². The SMILES string of the molecule is COc1ccc(C(=O)Oc2ccc(Br)cc2/C=N\NC(=O)[C@@H](C)Oc2ccccc2[N+](=O)[O-])cc1. The van der Waals surface area contributed by atoms with Crippen molar-refractivity contribution in [3.8, 4) is 17.2 Å². The van der Waals surface area contributed by atoms with Crippen LogP contribution in [0.25, 0.3) is 0 Å². The number of methoxy groups -OCH3 is 1. The largest absolute Gasteiger partial charge is 0.497 e. The molecule has 1 amide bonds. The number of nitrogens with one attached hydrogen (secondary N) is 1. The van der Waals surface area contributed by atoms with Crippen LogP contribution < -0.4 is 19.6 Å². The summed E-state index contributed by atoms with van der Waals surface area (Å²) in [6.45, 7) is 1.43. The second-order valence-corrected chi connectivity index (χ2v) is 7.94. The van der Waals surface area contributed by atoms with E-state index in [4.69, 9.17) is 14.2 Å². The van der Waals surface area contributed by atoms with Gasteiger partial charge in [0.15, 0.2) is 11.9 Å². The van der Waals surface area contributed by atoms with E-state index in [-0.39, 0.29) is 17.2 Å². The first-order chi connectivity index (χ1) is 16.8. The standard InChI is InChI=1S/C24H20BrN3O7/c1-15(34-22-6-4-3-5-20(22)28(31)32)23(29)27-26-14-17-13-18(25)9-12-21(17)35-24(30)16-7-10-19(33-2)11-8-16/h3-15H,1-2H3,(H,27,29)/b26-14-/t15-/m1/s1. The Bertz CT molecular complexity index is 1260. The molecule has 35 heavy (non-hydrogen) atoms. The number of nitro benzene ring substituents is 1. The number of benzene rings is 3. The highest BCUT2D eigenvalue weighted by molar-refractivity contribution is 9.10. The normalized spacial score (nSPS) is 11.5. The number of nitro groups is 1. The first kappa shape index (κ1) is 25.4. The number of nitrogens with zero attached hydrogens (tertiary/aromatic N) is 2. The number of esters is 1. The number of rotatable bonds is 9. The fourth-order valence-electron chi connectivity index (χ4n) is 2.81. The van der Waals surface area contributed by atoms with Crippen LogP contribution in [0.5, 0.6) is 17.2 Å². The number of carbonyl (C=O) groups is 2. The van der Waals surface area contributed by atoms with Gasteiger partial charge in [0.05, 0.1) is 23.8 Å². The van der Waals surface area contributed by atoms with Gasteiger partial charge < -0.3 is 14.2 Å². The summed E-state index contributed by atoms with van der Waals surface area (Å²) in [6.07, 6.45) is 0.236. The highest BCUT2D eigenvalue weighted by Crippen LogP contribution is 2.27. The minimum Gasteiger partial charge on any atom is -0.497 e. The van der Waals surface area contributed by atoms with E-state index in [1.807, 2.05) is 0 Å². The molecule has 0 heterocycles. The lowest BCUT2D eigenvalue weighted by Crippen LogP contribution is -2.33. The number of amides is 1. The highest BCUT2D eigenvalue weighted by Gasteiger charge is 2.20. The zero-order valence-electron chi connectivity index (χ0n) is 18.6. The van der Waals surface area contributed by atoms with Crippen LogP contribution in [0.2, 0.25) is 0 Å². The maximum atomic E-state index is 12.5. The Morgan fingerprint density at radius 1 is 1.09 bits per heavy atom. The van der Waals surface area contributed by atoms with Crippen molar-refractivity contribution in [2.45, 2.75) is 13.0 Å². The fraction of sp³-hybridized carbons (Fsp3) is 0.125. The Hall–Kier alpha value is -4.25. The van der Waals surface area contributed by atoms with Gasteiger partial charge in [-0.15, -0.1) is 0 Å². The summed E-state index contributed by atoms with van der Waals surface area (Å²) >= 11 is 3.34. The van der Waals surface area contributed by atoms with E-state index in [2.05, 4.69) is 26.5 Å². The molecule has 0 aliphatic rings. The van der Waals surface area contributed by atoms with Gasteiger partial charge in [0.1, 0.15) is 11.5 Å². The molecule has 3 aromatic carbocycles. The van der Waals surface area contributed by atoms with E-state index >= 15 is 0 Å². The zero-order valence-corrected chi connectivity index (χ0v) is 20.2. The molecule has 3 rings (SSSR count). The van der Waals surface area contributed by atoms with Crippen LogP contribution >= 0.6 is 15.9 Å². The molecule has 1 N–H and O–H groups in total. The molecule has 11 heteroatoms. The first-order valence-corrected chi connectivity index (χ1v) is 11.0. The van der Waals surface area contributed by atoms with E-state index in [0.29, 0.717) is 21.3 Å². The Balaban J connectivity index is 1.67. The van der Waals surface area contributed by atoms with Crippen LogP contribution in [0, 0.1) is 10.1 Å². The second-order valence-electron chi connectivity index (χ2n) is 7.02. The predicted molar refractivity (Wildman–Crippen MR) is 131 cm³/mol. The van der Waals surface area contributed by atoms with Gasteiger partial charge in [0.2, 0.25) is 0 Å². The van der Waals surface area contributed by atoms with Crippen molar-refractivity contribution in [3.63, 3.8) is 0 Å². The average Bonchev–Trinajstić information content (AvgIpc) is 2.85. The fourth-order valence-corrected chi connectivity index (χ4v) is 3.19. The van der Waals surface area contributed by atoms with E-state index < -0.39 is 22.9 Å². The van der Waals surface area contributed by atoms with Crippen LogP contribution in [0.4, 0.5) is 5.69 Å². The summed E-state index contributed by atoms with van der Waals surface area (Å²) in [5.74, 6) is -0.430. The van der Waals surface area contributed by atoms with Crippen LogP contribution in [0.3, 0.4) is 0 Å². The van der Waals surface area contributed by atoms with Crippen LogP contribution in [0.15, 0.2) is 76.3 Å². The highest BCUT2D eigenvalue weighted by atomic mass is 79.9. The van der Waals surface area contributed by atoms with E-state index in [0.717, 1.165) is 0 Å². The molecular weight excluding hydrogens is 522 g/mol. The van der Waals surface area contributed by atoms with Gasteiger partial charge >= 0.3 is 11.7 Å². The monoisotopic (exact) mass is 541 g/mol. The molecule has 0 aliphatic carbocycles. The smallest absolute Gasteiger partial charge is 0.343 e. The first-order valence-electron chi connectivity index (χ1n) is 10.2. The van der Waals surface area contributed by atoms with Crippen molar-refractivity contribution < 1.29 is 28.7 Å². The number of hydrogen-bond donors (Lipinski definition) is 1. The molecule has 0 spiro atoms. The zero-order chi connectivity index (χ0) is 25.4. The Morgan fingerprint density at radius 3 is 2.49 bits per heavy atom. The number of hydrazone groups is 1. The lowest BCUT2D eigenvalue weighted by Gasteiger charge is -2.13. The molecular formula is C24H20BrN3O7. The minimum absolute atomic E-state index is 0.0381. The summed E-state index contributed by atoms with van der Waals surface area (Å²) in [7, 11) is 1.53. The molecule has 180 valence electrons. The molecule has 0 aromatic heterocycles. The Labute approximate surface area is 208 Å². The molecule has 1 atom stereocenters. The van der Waals surface area contributed by atoms with Crippen molar-refractivity contribution in [1.82, 2.24) is 5.43 Å². The van der Waals surface area contributed by atoms with Gasteiger partial charge in [-0.1, -0.05) is 28.1 Å². The molecule has 0 bridgehead atoms. The second kappa shape index (κ2) is 11.7. The molecule has 0 fully saturated rings. The van der Waals surface area contributed by atoms with Crippen molar-refractivity contribution in [1.29, 1.82) is 0 Å². The van der Waals surface area contributed by atoms with Crippen LogP contribution in [0.1, 0.15) is 22.8 Å². The maximum Gasteiger partial charge on any atom is 0.343 e. The number of halogens is 1. The molecule has 0 unspecified atom stereocenters. The number of ether oxygens (including phenoxy) is 3. The van der Waals surface area contributed by atoms with Crippen molar-refractivity contribution >= 4 is 39.7 Å². The van der Waals surface area contributed by atoms with Gasteiger partial charge in [0, 0.05) is 16.1 Å². The van der Waals surface area contributed by atoms with E-state index in [1.54, 1.807) is 48.5 Å². The number of para-hydroxylation sites is 2. The maximum absolute atomic E-state index is 12.5. The van der Waals surface area contributed by atoms with E-state index in [1.165, 1.54) is 38.4 Å². The Kier molecular flexibility index (Phi) is 8.52. The molecule has 0 radical (unpaired) electrons. The minimum atomic E-state index is -1.07. The predicted octanol–water partition coefficient (Wildman–Crippen LogP) is 4.50. The molecule has 0 aliphatic heterocycles.